The van der Waals surface area contributed by atoms with Gasteiger partial charge in [-0.2, -0.15) is 5.10 Å². The van der Waals surface area contributed by atoms with Gasteiger partial charge >= 0.3 is 0 Å². The molecule has 1 aromatic heterocycles. The predicted molar refractivity (Wildman–Crippen MR) is 65.1 cm³/mol. The zero-order valence-electron chi connectivity index (χ0n) is 8.93. The molecule has 0 spiro atoms. The van der Waals surface area contributed by atoms with Crippen LogP contribution >= 0.6 is 11.6 Å². The quantitative estimate of drug-likeness (QED) is 0.842. The summed E-state index contributed by atoms with van der Waals surface area (Å²) >= 11 is 6.17. The van der Waals surface area contributed by atoms with Gasteiger partial charge in [0.2, 0.25) is 5.91 Å². The number of fused-ring (bicyclic) bond motifs is 1. The third-order valence-electron chi connectivity index (χ3n) is 2.88. The van der Waals surface area contributed by atoms with Crippen molar-refractivity contribution in [3.05, 3.63) is 47.1 Å². The van der Waals surface area contributed by atoms with E-state index in [0.717, 1.165) is 5.56 Å². The molecule has 1 N–H and O–H groups in total. The Bertz CT molecular complexity index is 579. The molecular weight excluding hydrogens is 238 g/mol. The van der Waals surface area contributed by atoms with Gasteiger partial charge < -0.3 is 5.32 Å². The summed E-state index contributed by atoms with van der Waals surface area (Å²) in [5.41, 5.74) is 0.925. The summed E-state index contributed by atoms with van der Waals surface area (Å²) in [5, 5.41) is 7.67. The van der Waals surface area contributed by atoms with Gasteiger partial charge in [-0.1, -0.05) is 29.8 Å². The van der Waals surface area contributed by atoms with Gasteiger partial charge in [0.05, 0.1) is 18.7 Å². The second-order valence-corrected chi connectivity index (χ2v) is 4.36. The van der Waals surface area contributed by atoms with Crippen LogP contribution in [0.2, 0.25) is 5.02 Å². The monoisotopic (exact) mass is 247 g/mol. The van der Waals surface area contributed by atoms with Crippen molar-refractivity contribution in [1.29, 1.82) is 0 Å². The second kappa shape index (κ2) is 3.89. The average molecular weight is 248 g/mol. The van der Waals surface area contributed by atoms with Gasteiger partial charge in [0.1, 0.15) is 5.82 Å². The lowest BCUT2D eigenvalue weighted by molar-refractivity contribution is -0.117. The molecule has 1 amide bonds. The molecule has 3 rings (SSSR count). The molecule has 0 saturated heterocycles. The fourth-order valence-electron chi connectivity index (χ4n) is 2.10. The van der Waals surface area contributed by atoms with E-state index in [1.807, 2.05) is 24.3 Å². The first-order valence-electron chi connectivity index (χ1n) is 5.33. The van der Waals surface area contributed by atoms with Crippen LogP contribution in [0.1, 0.15) is 18.0 Å². The lowest BCUT2D eigenvalue weighted by Crippen LogP contribution is -2.28. The van der Waals surface area contributed by atoms with Crippen molar-refractivity contribution in [2.24, 2.45) is 0 Å². The van der Waals surface area contributed by atoms with Gasteiger partial charge in [-0.05, 0) is 11.6 Å². The molecular formula is C12H10ClN3O. The van der Waals surface area contributed by atoms with Gasteiger partial charge in [0, 0.05) is 11.1 Å². The van der Waals surface area contributed by atoms with E-state index in [0.29, 0.717) is 17.3 Å². The molecule has 2 heterocycles. The Morgan fingerprint density at radius 2 is 2.18 bits per heavy atom. The summed E-state index contributed by atoms with van der Waals surface area (Å²) in [6, 6.07) is 9.20. The fourth-order valence-corrected chi connectivity index (χ4v) is 2.37. The molecule has 1 aromatic carbocycles. The summed E-state index contributed by atoms with van der Waals surface area (Å²) in [7, 11) is 0. The van der Waals surface area contributed by atoms with E-state index < -0.39 is 0 Å². The number of aromatic nitrogens is 2. The van der Waals surface area contributed by atoms with Crippen LogP contribution < -0.4 is 5.32 Å². The van der Waals surface area contributed by atoms with Gasteiger partial charge in [-0.15, -0.1) is 0 Å². The van der Waals surface area contributed by atoms with E-state index in [2.05, 4.69) is 10.4 Å². The highest BCUT2D eigenvalue weighted by Crippen LogP contribution is 2.33. The molecule has 1 aliphatic rings. The number of amides is 1. The highest BCUT2D eigenvalue weighted by molar-refractivity contribution is 6.31. The van der Waals surface area contributed by atoms with E-state index in [1.54, 1.807) is 16.9 Å². The zero-order chi connectivity index (χ0) is 11.8. The number of nitrogens with zero attached hydrogens (tertiary/aromatic N) is 2. The second-order valence-electron chi connectivity index (χ2n) is 3.95. The fraction of sp³-hybridized carbons (Fsp3) is 0.167. The maximum atomic E-state index is 11.6. The molecule has 0 saturated carbocycles. The van der Waals surface area contributed by atoms with Crippen LogP contribution in [0.5, 0.6) is 0 Å². The third kappa shape index (κ3) is 1.70. The SMILES string of the molecule is O=C1CC(c2ccccc2Cl)n2nccc2N1. The maximum Gasteiger partial charge on any atom is 0.228 e. The van der Waals surface area contributed by atoms with Crippen LogP contribution in [0.4, 0.5) is 5.82 Å². The van der Waals surface area contributed by atoms with Crippen molar-refractivity contribution in [2.45, 2.75) is 12.5 Å². The lowest BCUT2D eigenvalue weighted by atomic mass is 10.0. The van der Waals surface area contributed by atoms with Crippen LogP contribution in [0.25, 0.3) is 0 Å². The molecule has 1 unspecified atom stereocenters. The van der Waals surface area contributed by atoms with Crippen LogP contribution in [0.3, 0.4) is 0 Å². The Hall–Kier alpha value is -1.81. The summed E-state index contributed by atoms with van der Waals surface area (Å²) in [5.74, 6) is 0.703. The minimum atomic E-state index is -0.123. The maximum absolute atomic E-state index is 11.6. The zero-order valence-corrected chi connectivity index (χ0v) is 9.69. The number of rotatable bonds is 1. The number of anilines is 1. The first kappa shape index (κ1) is 10.4. The number of halogens is 1. The number of hydrogen-bond acceptors (Lipinski definition) is 2. The van der Waals surface area contributed by atoms with Crippen molar-refractivity contribution < 1.29 is 4.79 Å². The molecule has 0 aliphatic carbocycles. The number of carbonyl (C=O) groups excluding carboxylic acids is 1. The average Bonchev–Trinajstić information content (AvgIpc) is 2.76. The van der Waals surface area contributed by atoms with Gasteiger partial charge in [-0.25, -0.2) is 4.68 Å². The molecule has 86 valence electrons. The molecule has 5 heteroatoms. The Morgan fingerprint density at radius 3 is 3.00 bits per heavy atom. The van der Waals surface area contributed by atoms with Crippen molar-refractivity contribution in [2.75, 3.05) is 5.32 Å². The first-order chi connectivity index (χ1) is 8.25. The van der Waals surface area contributed by atoms with E-state index >= 15 is 0 Å². The molecule has 17 heavy (non-hydrogen) atoms. The van der Waals surface area contributed by atoms with Crippen molar-refractivity contribution in [3.63, 3.8) is 0 Å². The van der Waals surface area contributed by atoms with Gasteiger partial charge in [-0.3, -0.25) is 4.79 Å². The predicted octanol–water partition coefficient (Wildman–Crippen LogP) is 2.47. The van der Waals surface area contributed by atoms with Crippen molar-refractivity contribution in [3.8, 4) is 0 Å². The molecule has 1 aliphatic heterocycles. The molecule has 0 radical (unpaired) electrons. The Balaban J connectivity index is 2.11. The molecule has 1 atom stereocenters. The summed E-state index contributed by atoms with van der Waals surface area (Å²) < 4.78 is 1.79. The number of benzene rings is 1. The number of hydrogen-bond donors (Lipinski definition) is 1. The largest absolute Gasteiger partial charge is 0.311 e. The van der Waals surface area contributed by atoms with E-state index in [1.165, 1.54) is 0 Å². The molecule has 0 bridgehead atoms. The standard InChI is InChI=1S/C12H10ClN3O/c13-9-4-2-1-3-8(9)10-7-12(17)15-11-5-6-14-16(10)11/h1-6,10H,7H2,(H,15,17). The topological polar surface area (TPSA) is 46.9 Å². The minimum absolute atomic E-state index is 0.0112. The first-order valence-corrected chi connectivity index (χ1v) is 5.71. The Kier molecular flexibility index (Phi) is 2.37. The van der Waals surface area contributed by atoms with Gasteiger partial charge in [0.15, 0.2) is 0 Å². The highest BCUT2D eigenvalue weighted by Gasteiger charge is 2.27. The van der Waals surface area contributed by atoms with E-state index in [-0.39, 0.29) is 11.9 Å². The molecule has 2 aromatic rings. The van der Waals surface area contributed by atoms with Crippen LogP contribution in [-0.2, 0) is 4.79 Å². The summed E-state index contributed by atoms with van der Waals surface area (Å²) in [4.78, 5) is 11.6. The molecule has 4 nitrogen and oxygen atoms in total. The number of carbonyl (C=O) groups is 1. The van der Waals surface area contributed by atoms with Crippen LogP contribution in [0, 0.1) is 0 Å². The van der Waals surface area contributed by atoms with Crippen molar-refractivity contribution >= 4 is 23.3 Å². The third-order valence-corrected chi connectivity index (χ3v) is 3.22. The lowest BCUT2D eigenvalue weighted by Gasteiger charge is -2.25. The van der Waals surface area contributed by atoms with E-state index in [4.69, 9.17) is 11.6 Å². The van der Waals surface area contributed by atoms with Crippen LogP contribution in [-0.4, -0.2) is 15.7 Å². The smallest absolute Gasteiger partial charge is 0.228 e. The number of nitrogens with one attached hydrogen (secondary N) is 1. The summed E-state index contributed by atoms with van der Waals surface area (Å²) in [6.45, 7) is 0. The summed E-state index contributed by atoms with van der Waals surface area (Å²) in [6.07, 6.45) is 2.03. The van der Waals surface area contributed by atoms with Gasteiger partial charge in [0.25, 0.3) is 0 Å². The highest BCUT2D eigenvalue weighted by atomic mass is 35.5. The van der Waals surface area contributed by atoms with Crippen molar-refractivity contribution in [1.82, 2.24) is 9.78 Å². The normalized spacial score (nSPS) is 18.6. The Labute approximate surface area is 103 Å². The Morgan fingerprint density at radius 1 is 1.35 bits per heavy atom. The van der Waals surface area contributed by atoms with E-state index in [9.17, 15) is 4.79 Å². The van der Waals surface area contributed by atoms with Crippen LogP contribution in [0.15, 0.2) is 36.5 Å². The molecule has 0 fully saturated rings. The minimum Gasteiger partial charge on any atom is -0.311 e.